The van der Waals surface area contributed by atoms with Crippen LogP contribution in [0.4, 0.5) is 11.4 Å². The summed E-state index contributed by atoms with van der Waals surface area (Å²) in [5.41, 5.74) is 15.2. The number of anilines is 1. The minimum atomic E-state index is 0.381. The molecule has 31 heavy (non-hydrogen) atoms. The second kappa shape index (κ2) is 15.7. The van der Waals surface area contributed by atoms with E-state index in [1.165, 1.54) is 0 Å². The van der Waals surface area contributed by atoms with E-state index < -0.39 is 0 Å². The minimum absolute atomic E-state index is 0.381. The quantitative estimate of drug-likeness (QED) is 0.283. The molecule has 0 fully saturated rings. The molecule has 170 valence electrons. The van der Waals surface area contributed by atoms with Crippen molar-refractivity contribution in [3.05, 3.63) is 57.6 Å². The summed E-state index contributed by atoms with van der Waals surface area (Å²) in [5.74, 6) is 0.647. The van der Waals surface area contributed by atoms with Crippen LogP contribution in [0.3, 0.4) is 0 Å². The number of aliphatic imine (C=N–C) groups is 1. The van der Waals surface area contributed by atoms with E-state index in [4.69, 9.17) is 39.9 Å². The molecule has 0 aliphatic carbocycles. The Hall–Kier alpha value is -0.110. The maximum atomic E-state index is 8.49. The van der Waals surface area contributed by atoms with Gasteiger partial charge in [-0.3, -0.25) is 9.80 Å². The van der Waals surface area contributed by atoms with E-state index in [1.807, 2.05) is 43.3 Å². The van der Waals surface area contributed by atoms with Crippen LogP contribution in [0.1, 0.15) is 11.1 Å². The molecule has 1 aliphatic heterocycles. The molecule has 4 N–H and O–H groups in total. The van der Waals surface area contributed by atoms with Gasteiger partial charge in [0.25, 0.3) is 0 Å². The molecular weight excluding hydrogens is 776 g/mol. The van der Waals surface area contributed by atoms with E-state index in [9.17, 15) is 0 Å². The topological polar surface area (TPSA) is 94.7 Å². The average Bonchev–Trinajstić information content (AvgIpc) is 2.82. The van der Waals surface area contributed by atoms with Crippen molar-refractivity contribution in [2.24, 2.45) is 10.7 Å². The third-order valence-electron chi connectivity index (χ3n) is 4.06. The van der Waals surface area contributed by atoms with Gasteiger partial charge in [-0.2, -0.15) is 5.26 Å². The number of nitrogens with zero attached hydrogens (tertiary/aromatic N) is 4. The van der Waals surface area contributed by atoms with Gasteiger partial charge >= 0.3 is 50.5 Å². The molecule has 0 saturated heterocycles. The number of nitrogens with two attached hydrogens (primary N) is 2. The van der Waals surface area contributed by atoms with Crippen molar-refractivity contribution in [3.8, 4) is 6.07 Å². The predicted octanol–water partition coefficient (Wildman–Crippen LogP) is 2.43. The van der Waals surface area contributed by atoms with Crippen LogP contribution in [-0.2, 0) is 13.1 Å². The molecule has 0 spiro atoms. The van der Waals surface area contributed by atoms with E-state index in [2.05, 4.69) is 53.2 Å². The fourth-order valence-electron chi connectivity index (χ4n) is 2.78. The SMILES string of the molecule is CN(CC#N)Cc1cc(Cl)ccc1N.CN1CC(N)=Nc2ccc(Cl)cc2C1.I[I-]I. The molecule has 6 nitrogen and oxygen atoms in total. The zero-order valence-corrected chi connectivity index (χ0v) is 25.1. The van der Waals surface area contributed by atoms with Crippen molar-refractivity contribution in [3.63, 3.8) is 0 Å². The van der Waals surface area contributed by atoms with E-state index in [0.717, 1.165) is 28.4 Å². The Balaban J connectivity index is 0.000000275. The van der Waals surface area contributed by atoms with Crippen molar-refractivity contribution >= 4 is 77.6 Å². The molecule has 3 rings (SSSR count). The molecule has 1 heterocycles. The maximum absolute atomic E-state index is 8.49. The monoisotopic (exact) mass is 799 g/mol. The Labute approximate surface area is 223 Å². The van der Waals surface area contributed by atoms with Gasteiger partial charge in [0, 0.05) is 28.8 Å². The molecule has 2 aromatic rings. The van der Waals surface area contributed by atoms with E-state index in [1.54, 1.807) is 12.1 Å². The summed E-state index contributed by atoms with van der Waals surface area (Å²) in [6, 6.07) is 13.1. The first-order chi connectivity index (χ1) is 14.7. The van der Waals surface area contributed by atoms with Crippen LogP contribution >= 0.6 is 60.4 Å². The number of nitriles is 1. The van der Waals surface area contributed by atoms with Crippen LogP contribution in [0.15, 0.2) is 41.4 Å². The Morgan fingerprint density at radius 3 is 2.42 bits per heavy atom. The van der Waals surface area contributed by atoms with Crippen LogP contribution in [0.25, 0.3) is 0 Å². The Kier molecular flexibility index (Phi) is 14.6. The Morgan fingerprint density at radius 2 is 1.77 bits per heavy atom. The first kappa shape index (κ1) is 28.9. The van der Waals surface area contributed by atoms with Gasteiger partial charge < -0.3 is 11.5 Å². The molecule has 0 bridgehead atoms. The molecule has 11 heteroatoms. The molecule has 0 atom stereocenters. The zero-order chi connectivity index (χ0) is 23.4. The Morgan fingerprint density at radius 1 is 1.16 bits per heavy atom. The molecule has 0 radical (unpaired) electrons. The fourth-order valence-corrected chi connectivity index (χ4v) is 3.17. The first-order valence-corrected chi connectivity index (χ1v) is 22.3. The van der Waals surface area contributed by atoms with Gasteiger partial charge in [0.2, 0.25) is 0 Å². The van der Waals surface area contributed by atoms with Gasteiger partial charge in [0.05, 0.1) is 24.8 Å². The zero-order valence-electron chi connectivity index (χ0n) is 17.1. The van der Waals surface area contributed by atoms with Crippen molar-refractivity contribution in [2.75, 3.05) is 32.9 Å². The van der Waals surface area contributed by atoms with Gasteiger partial charge in [-0.25, -0.2) is 4.99 Å². The van der Waals surface area contributed by atoms with Gasteiger partial charge in [-0.15, -0.1) is 0 Å². The van der Waals surface area contributed by atoms with Crippen molar-refractivity contribution in [1.29, 1.82) is 5.26 Å². The summed E-state index contributed by atoms with van der Waals surface area (Å²) in [5, 5.41) is 9.90. The van der Waals surface area contributed by atoms with Crippen molar-refractivity contribution in [1.82, 2.24) is 9.80 Å². The van der Waals surface area contributed by atoms with Crippen LogP contribution in [-0.4, -0.2) is 42.8 Å². The molecule has 2 aromatic carbocycles. The number of halogens is 5. The molecule has 0 aromatic heterocycles. The molecule has 0 amide bonds. The van der Waals surface area contributed by atoms with E-state index >= 15 is 0 Å². The van der Waals surface area contributed by atoms with Gasteiger partial charge in [0.1, 0.15) is 5.84 Å². The number of fused-ring (bicyclic) bond motifs is 1. The third-order valence-corrected chi connectivity index (χ3v) is 4.53. The molecule has 0 saturated carbocycles. The van der Waals surface area contributed by atoms with Gasteiger partial charge in [-0.05, 0) is 61.6 Å². The van der Waals surface area contributed by atoms with Crippen LogP contribution < -0.4 is 24.7 Å². The number of hydrogen-bond donors (Lipinski definition) is 2. The fraction of sp³-hybridized carbons (Fsp3) is 0.300. The normalized spacial score (nSPS) is 13.0. The summed E-state index contributed by atoms with van der Waals surface area (Å²) < 4.78 is 0. The van der Waals surface area contributed by atoms with Crippen LogP contribution in [0.5, 0.6) is 0 Å². The number of benzene rings is 2. The molecular formula is C20H24Cl2I3N6-. The average molecular weight is 800 g/mol. The summed E-state index contributed by atoms with van der Waals surface area (Å²) >= 11 is 17.1. The number of nitrogen functional groups attached to an aromatic ring is 1. The first-order valence-electron chi connectivity index (χ1n) is 8.96. The summed E-state index contributed by atoms with van der Waals surface area (Å²) in [6.45, 7) is 2.55. The van der Waals surface area contributed by atoms with Gasteiger partial charge in [-0.1, -0.05) is 23.2 Å². The van der Waals surface area contributed by atoms with Crippen molar-refractivity contribution < 1.29 is 13.3 Å². The predicted molar refractivity (Wildman–Crippen MR) is 145 cm³/mol. The summed E-state index contributed by atoms with van der Waals surface area (Å²) in [4.78, 5) is 8.31. The Bertz CT molecular complexity index is 920. The molecule has 1 aliphatic rings. The van der Waals surface area contributed by atoms with Crippen LogP contribution in [0, 0.1) is 11.3 Å². The summed E-state index contributed by atoms with van der Waals surface area (Å²) in [6.07, 6.45) is 0. The van der Waals surface area contributed by atoms with Gasteiger partial charge in [0.15, 0.2) is 0 Å². The molecule has 0 unspecified atom stereocenters. The summed E-state index contributed by atoms with van der Waals surface area (Å²) in [7, 11) is 3.88. The number of rotatable bonds is 3. The van der Waals surface area contributed by atoms with E-state index in [-0.39, 0.29) is 0 Å². The second-order valence-corrected chi connectivity index (χ2v) is 23.9. The van der Waals surface area contributed by atoms with Crippen LogP contribution in [0.2, 0.25) is 10.0 Å². The van der Waals surface area contributed by atoms with E-state index in [0.29, 0.717) is 49.4 Å². The number of amidine groups is 1. The second-order valence-electron chi connectivity index (χ2n) is 6.78. The third kappa shape index (κ3) is 11.5. The number of likely N-dealkylation sites (N-methyl/N-ethyl adjacent to an activating group) is 1. The number of hydrogen-bond acceptors (Lipinski definition) is 6. The standard InChI is InChI=1S/2C10H12ClN3.I3/c1-14-5-7-4-8(11)2-3-9(7)13-10(12)6-14;1-14(5-4-12)7-8-6-9(11)2-3-10(8)13;1-3-2/h2-4H,5-6H2,1H3,(H2,12,13);2-3,6H,5,7,13H2,1H3;/q;;-1. The van der Waals surface area contributed by atoms with Crippen molar-refractivity contribution in [2.45, 2.75) is 13.1 Å².